The molecule has 0 aromatic rings. The van der Waals surface area contributed by atoms with Crippen molar-refractivity contribution in [2.24, 2.45) is 17.8 Å². The van der Waals surface area contributed by atoms with E-state index in [1.54, 1.807) is 0 Å². The molecule has 0 aliphatic carbocycles. The van der Waals surface area contributed by atoms with Gasteiger partial charge in [0.1, 0.15) is 0 Å². The van der Waals surface area contributed by atoms with E-state index >= 15 is 0 Å². The van der Waals surface area contributed by atoms with E-state index in [9.17, 15) is 0 Å². The van der Waals surface area contributed by atoms with Gasteiger partial charge in [0.25, 0.3) is 0 Å². The highest BCUT2D eigenvalue weighted by molar-refractivity contribution is 4.59. The molecule has 0 heteroatoms. The summed E-state index contributed by atoms with van der Waals surface area (Å²) in [6.45, 7) is 12.0. The largest absolute Gasteiger partial charge is 0.0654 e. The summed E-state index contributed by atoms with van der Waals surface area (Å²) in [5.74, 6) is 2.84. The molecule has 3 atom stereocenters. The van der Waals surface area contributed by atoms with E-state index in [2.05, 4.69) is 34.6 Å². The van der Waals surface area contributed by atoms with Gasteiger partial charge in [0.15, 0.2) is 0 Å². The van der Waals surface area contributed by atoms with Crippen LogP contribution >= 0.6 is 0 Å². The summed E-state index contributed by atoms with van der Waals surface area (Å²) < 4.78 is 0. The van der Waals surface area contributed by atoms with E-state index < -0.39 is 0 Å². The SMILES string of the molecule is CCCCCCCCCCCCCCCCCCCCC(C)CCCCCC(C)CCCC(C)CC. The smallest absolute Gasteiger partial charge is 0.0443 e. The highest BCUT2D eigenvalue weighted by Gasteiger charge is 2.06. The highest BCUT2D eigenvalue weighted by Crippen LogP contribution is 2.22. The van der Waals surface area contributed by atoms with Crippen molar-refractivity contribution in [1.29, 1.82) is 0 Å². The fourth-order valence-corrected chi connectivity index (χ4v) is 5.86. The molecule has 0 spiro atoms. The van der Waals surface area contributed by atoms with Crippen LogP contribution in [0.4, 0.5) is 0 Å². The van der Waals surface area contributed by atoms with Crippen LogP contribution < -0.4 is 0 Å². The molecule has 0 aromatic carbocycles. The minimum Gasteiger partial charge on any atom is -0.0654 e. The van der Waals surface area contributed by atoms with Crippen LogP contribution in [0.25, 0.3) is 0 Å². The number of unbranched alkanes of at least 4 members (excludes halogenated alkanes) is 19. The first-order chi connectivity index (χ1) is 17.6. The van der Waals surface area contributed by atoms with E-state index in [0.717, 1.165) is 17.8 Å². The Morgan fingerprint density at radius 2 is 0.528 bits per heavy atom. The quantitative estimate of drug-likeness (QED) is 0.0849. The second kappa shape index (κ2) is 29.6. The lowest BCUT2D eigenvalue weighted by molar-refractivity contribution is 0.394. The molecule has 0 amide bonds. The van der Waals surface area contributed by atoms with Crippen molar-refractivity contribution in [3.63, 3.8) is 0 Å². The molecular weight excluding hydrogens is 432 g/mol. The first-order valence-corrected chi connectivity index (χ1v) is 17.6. The van der Waals surface area contributed by atoms with Gasteiger partial charge >= 0.3 is 0 Å². The van der Waals surface area contributed by atoms with Gasteiger partial charge in [0.2, 0.25) is 0 Å². The summed E-state index contributed by atoms with van der Waals surface area (Å²) in [5.41, 5.74) is 0. The summed E-state index contributed by atoms with van der Waals surface area (Å²) >= 11 is 0. The van der Waals surface area contributed by atoms with Crippen LogP contribution in [-0.4, -0.2) is 0 Å². The minimum absolute atomic E-state index is 0.933. The fraction of sp³-hybridized carbons (Fsp3) is 1.00. The Morgan fingerprint density at radius 3 is 0.861 bits per heavy atom. The predicted octanol–water partition coefficient (Wildman–Crippen LogP) is 13.9. The van der Waals surface area contributed by atoms with E-state index in [1.165, 1.54) is 180 Å². The van der Waals surface area contributed by atoms with E-state index in [1.807, 2.05) is 0 Å². The summed E-state index contributed by atoms with van der Waals surface area (Å²) in [5, 5.41) is 0. The summed E-state index contributed by atoms with van der Waals surface area (Å²) in [6, 6.07) is 0. The van der Waals surface area contributed by atoms with Crippen LogP contribution in [0.2, 0.25) is 0 Å². The van der Waals surface area contributed by atoms with Gasteiger partial charge in [-0.05, 0) is 17.8 Å². The average Bonchev–Trinajstić information content (AvgIpc) is 2.87. The Labute approximate surface area is 232 Å². The molecule has 0 rings (SSSR count). The monoisotopic (exact) mass is 507 g/mol. The maximum absolute atomic E-state index is 2.51. The Kier molecular flexibility index (Phi) is 29.6. The zero-order valence-corrected chi connectivity index (χ0v) is 26.5. The lowest BCUT2D eigenvalue weighted by Gasteiger charge is -2.14. The van der Waals surface area contributed by atoms with Crippen LogP contribution in [0.3, 0.4) is 0 Å². The lowest BCUT2D eigenvalue weighted by Crippen LogP contribution is -1.99. The molecule has 36 heavy (non-hydrogen) atoms. The minimum atomic E-state index is 0.933. The number of hydrogen-bond donors (Lipinski definition) is 0. The fourth-order valence-electron chi connectivity index (χ4n) is 5.86. The molecule has 0 saturated heterocycles. The Balaban J connectivity index is 3.23. The Hall–Kier alpha value is 0. The van der Waals surface area contributed by atoms with Gasteiger partial charge in [-0.25, -0.2) is 0 Å². The molecule has 0 fully saturated rings. The lowest BCUT2D eigenvalue weighted by atomic mass is 9.92. The Morgan fingerprint density at radius 1 is 0.278 bits per heavy atom. The molecule has 218 valence electrons. The summed E-state index contributed by atoms with van der Waals surface area (Å²) in [7, 11) is 0. The molecule has 0 aliphatic rings. The van der Waals surface area contributed by atoms with Crippen LogP contribution in [0.15, 0.2) is 0 Å². The van der Waals surface area contributed by atoms with Crippen molar-refractivity contribution in [1.82, 2.24) is 0 Å². The second-order valence-corrected chi connectivity index (χ2v) is 13.1. The molecule has 0 aliphatic heterocycles. The normalized spacial score (nSPS) is 14.2. The first kappa shape index (κ1) is 36.0. The molecule has 0 saturated carbocycles. The number of hydrogen-bond acceptors (Lipinski definition) is 0. The van der Waals surface area contributed by atoms with Crippen molar-refractivity contribution in [2.45, 2.75) is 214 Å². The molecule has 0 aromatic heterocycles. The highest BCUT2D eigenvalue weighted by atomic mass is 14.1. The van der Waals surface area contributed by atoms with Gasteiger partial charge in [-0.15, -0.1) is 0 Å². The van der Waals surface area contributed by atoms with Crippen molar-refractivity contribution in [2.75, 3.05) is 0 Å². The average molecular weight is 507 g/mol. The van der Waals surface area contributed by atoms with Crippen molar-refractivity contribution in [3.05, 3.63) is 0 Å². The van der Waals surface area contributed by atoms with Crippen molar-refractivity contribution >= 4 is 0 Å². The summed E-state index contributed by atoms with van der Waals surface area (Å²) in [6.07, 6.45) is 41.1. The molecule has 0 nitrogen and oxygen atoms in total. The van der Waals surface area contributed by atoms with Gasteiger partial charge in [-0.1, -0.05) is 214 Å². The maximum atomic E-state index is 2.51. The molecule has 0 N–H and O–H groups in total. The first-order valence-electron chi connectivity index (χ1n) is 17.6. The van der Waals surface area contributed by atoms with Gasteiger partial charge in [0, 0.05) is 0 Å². The van der Waals surface area contributed by atoms with Crippen LogP contribution in [-0.2, 0) is 0 Å². The number of rotatable bonds is 30. The molecule has 0 radical (unpaired) electrons. The third-order valence-electron chi connectivity index (χ3n) is 9.04. The van der Waals surface area contributed by atoms with E-state index in [-0.39, 0.29) is 0 Å². The van der Waals surface area contributed by atoms with Crippen molar-refractivity contribution < 1.29 is 0 Å². The van der Waals surface area contributed by atoms with Gasteiger partial charge in [-0.2, -0.15) is 0 Å². The van der Waals surface area contributed by atoms with Gasteiger partial charge < -0.3 is 0 Å². The zero-order chi connectivity index (χ0) is 26.5. The standard InChI is InChI=1S/C36H74/c1-6-8-9-10-11-12-13-14-15-16-17-18-19-20-21-22-23-25-29-35(4)30-26-24-27-31-36(5)33-28-32-34(3)7-2/h34-36H,6-33H2,1-5H3. The van der Waals surface area contributed by atoms with Crippen LogP contribution in [0.1, 0.15) is 214 Å². The molecule has 3 unspecified atom stereocenters. The Bertz CT molecular complexity index is 385. The van der Waals surface area contributed by atoms with E-state index in [0.29, 0.717) is 0 Å². The predicted molar refractivity (Wildman–Crippen MR) is 168 cm³/mol. The summed E-state index contributed by atoms with van der Waals surface area (Å²) in [4.78, 5) is 0. The van der Waals surface area contributed by atoms with Crippen LogP contribution in [0.5, 0.6) is 0 Å². The molecule has 0 heterocycles. The van der Waals surface area contributed by atoms with Gasteiger partial charge in [0.05, 0.1) is 0 Å². The third-order valence-corrected chi connectivity index (χ3v) is 9.04. The van der Waals surface area contributed by atoms with Crippen molar-refractivity contribution in [3.8, 4) is 0 Å². The van der Waals surface area contributed by atoms with Crippen LogP contribution in [0, 0.1) is 17.8 Å². The second-order valence-electron chi connectivity index (χ2n) is 13.1. The third kappa shape index (κ3) is 28.6. The zero-order valence-electron chi connectivity index (χ0n) is 26.5. The molecule has 0 bridgehead atoms. The van der Waals surface area contributed by atoms with E-state index in [4.69, 9.17) is 0 Å². The topological polar surface area (TPSA) is 0 Å². The molecular formula is C36H74. The van der Waals surface area contributed by atoms with Gasteiger partial charge in [-0.3, -0.25) is 0 Å². The maximum Gasteiger partial charge on any atom is -0.0443 e.